The Hall–Kier alpha value is -3.27. The van der Waals surface area contributed by atoms with Gasteiger partial charge >= 0.3 is 6.09 Å². The number of hydrogen-bond donors (Lipinski definition) is 1. The summed E-state index contributed by atoms with van der Waals surface area (Å²) in [6, 6.07) is 12.9. The van der Waals surface area contributed by atoms with Crippen LogP contribution in [0.5, 0.6) is 5.75 Å². The zero-order valence-electron chi connectivity index (χ0n) is 18.1. The molecule has 9 nitrogen and oxygen atoms in total. The van der Waals surface area contributed by atoms with Crippen LogP contribution in [0, 0.1) is 6.92 Å². The van der Waals surface area contributed by atoms with Crippen molar-refractivity contribution in [3.8, 4) is 5.75 Å². The van der Waals surface area contributed by atoms with Crippen LogP contribution in [0.1, 0.15) is 12.5 Å². The lowest BCUT2D eigenvalue weighted by molar-refractivity contribution is -0.134. The minimum absolute atomic E-state index is 0.0897. The van der Waals surface area contributed by atoms with Gasteiger partial charge in [-0.2, -0.15) is 0 Å². The van der Waals surface area contributed by atoms with E-state index < -0.39 is 10.0 Å². The molecule has 172 valence electrons. The molecular weight excluding hydrogens is 434 g/mol. The third kappa shape index (κ3) is 6.13. The number of rotatable bonds is 7. The van der Waals surface area contributed by atoms with Gasteiger partial charge in [-0.15, -0.1) is 0 Å². The molecule has 2 amide bonds. The number of carbonyl (C=O) groups excluding carboxylic acids is 2. The molecule has 0 spiro atoms. The van der Waals surface area contributed by atoms with Crippen LogP contribution < -0.4 is 9.46 Å². The topological polar surface area (TPSA) is 105 Å². The average Bonchev–Trinajstić information content (AvgIpc) is 2.79. The lowest BCUT2D eigenvalue weighted by Gasteiger charge is -2.33. The van der Waals surface area contributed by atoms with Gasteiger partial charge in [0.15, 0.2) is 6.61 Å². The van der Waals surface area contributed by atoms with Gasteiger partial charge in [-0.25, -0.2) is 13.2 Å². The average molecular weight is 462 g/mol. The highest BCUT2D eigenvalue weighted by Gasteiger charge is 2.25. The number of amides is 2. The number of nitrogens with zero attached hydrogens (tertiary/aromatic N) is 2. The molecular formula is C22H27N3O6S. The van der Waals surface area contributed by atoms with Crippen LogP contribution in [0.4, 0.5) is 10.5 Å². The van der Waals surface area contributed by atoms with Crippen LogP contribution in [0.25, 0.3) is 0 Å². The maximum absolute atomic E-state index is 12.5. The van der Waals surface area contributed by atoms with Crippen LogP contribution in [-0.4, -0.2) is 69.6 Å². The summed E-state index contributed by atoms with van der Waals surface area (Å²) in [5, 5.41) is 0. The van der Waals surface area contributed by atoms with E-state index in [4.69, 9.17) is 9.47 Å². The Bertz CT molecular complexity index is 1030. The second-order valence-corrected chi connectivity index (χ2v) is 8.98. The van der Waals surface area contributed by atoms with Crippen molar-refractivity contribution in [2.24, 2.45) is 0 Å². The lowest BCUT2D eigenvalue weighted by atomic mass is 10.2. The number of carbonyl (C=O) groups is 2. The molecule has 1 aliphatic heterocycles. The minimum Gasteiger partial charge on any atom is -0.484 e. The zero-order chi connectivity index (χ0) is 23.1. The first-order chi connectivity index (χ1) is 15.3. The Morgan fingerprint density at radius 3 is 2.12 bits per heavy atom. The highest BCUT2D eigenvalue weighted by atomic mass is 32.2. The predicted molar refractivity (Wildman–Crippen MR) is 119 cm³/mol. The summed E-state index contributed by atoms with van der Waals surface area (Å²) in [7, 11) is -3.73. The molecule has 1 saturated heterocycles. The normalized spacial score (nSPS) is 14.1. The highest BCUT2D eigenvalue weighted by Crippen LogP contribution is 2.20. The standard InChI is InChI=1S/C22H27N3O6S/c1-3-30-22(27)25-14-12-24(13-15-25)21(26)16-31-19-8-10-20(11-9-19)32(28,29)23-18-6-4-17(2)5-7-18/h4-11,23H,3,12-16H2,1-2H3. The largest absolute Gasteiger partial charge is 0.484 e. The van der Waals surface area contributed by atoms with Crippen molar-refractivity contribution in [1.29, 1.82) is 0 Å². The Morgan fingerprint density at radius 2 is 1.53 bits per heavy atom. The lowest BCUT2D eigenvalue weighted by Crippen LogP contribution is -2.51. The first-order valence-electron chi connectivity index (χ1n) is 10.3. The number of aryl methyl sites for hydroxylation is 1. The summed E-state index contributed by atoms with van der Waals surface area (Å²) < 4.78 is 38.1. The summed E-state index contributed by atoms with van der Waals surface area (Å²) in [5.41, 5.74) is 1.51. The van der Waals surface area contributed by atoms with E-state index in [1.54, 1.807) is 28.9 Å². The van der Waals surface area contributed by atoms with Crippen molar-refractivity contribution in [3.05, 3.63) is 54.1 Å². The Morgan fingerprint density at radius 1 is 0.938 bits per heavy atom. The molecule has 2 aromatic carbocycles. The van der Waals surface area contributed by atoms with Crippen molar-refractivity contribution in [3.63, 3.8) is 0 Å². The Labute approximate surface area is 188 Å². The third-order valence-corrected chi connectivity index (χ3v) is 6.36. The van der Waals surface area contributed by atoms with E-state index in [2.05, 4.69) is 4.72 Å². The molecule has 0 atom stereocenters. The van der Waals surface area contributed by atoms with Crippen LogP contribution in [0.3, 0.4) is 0 Å². The number of hydrogen-bond acceptors (Lipinski definition) is 6. The molecule has 0 bridgehead atoms. The van der Waals surface area contributed by atoms with E-state index in [-0.39, 0.29) is 23.5 Å². The van der Waals surface area contributed by atoms with E-state index >= 15 is 0 Å². The van der Waals surface area contributed by atoms with Gasteiger partial charge in [0.2, 0.25) is 0 Å². The summed E-state index contributed by atoms with van der Waals surface area (Å²) in [5.74, 6) is 0.184. The van der Waals surface area contributed by atoms with Crippen molar-refractivity contribution < 1.29 is 27.5 Å². The van der Waals surface area contributed by atoms with Crippen LogP contribution in [0.2, 0.25) is 0 Å². The van der Waals surface area contributed by atoms with Crippen molar-refractivity contribution in [2.45, 2.75) is 18.7 Å². The van der Waals surface area contributed by atoms with Crippen LogP contribution in [0.15, 0.2) is 53.4 Å². The van der Waals surface area contributed by atoms with Crippen molar-refractivity contribution in [2.75, 3.05) is 44.1 Å². The SMILES string of the molecule is CCOC(=O)N1CCN(C(=O)COc2ccc(S(=O)(=O)Nc3ccc(C)cc3)cc2)CC1. The molecule has 1 aliphatic rings. The number of sulfonamides is 1. The first-order valence-corrected chi connectivity index (χ1v) is 11.8. The van der Waals surface area contributed by atoms with Gasteiger partial charge < -0.3 is 19.3 Å². The molecule has 3 rings (SSSR count). The summed E-state index contributed by atoms with van der Waals surface area (Å²) >= 11 is 0. The van der Waals surface area contributed by atoms with Gasteiger partial charge in [-0.1, -0.05) is 17.7 Å². The van der Waals surface area contributed by atoms with Gasteiger partial charge in [0.25, 0.3) is 15.9 Å². The Balaban J connectivity index is 1.50. The van der Waals surface area contributed by atoms with Crippen LogP contribution in [-0.2, 0) is 19.6 Å². The summed E-state index contributed by atoms with van der Waals surface area (Å²) in [4.78, 5) is 27.4. The maximum Gasteiger partial charge on any atom is 0.409 e. The quantitative estimate of drug-likeness (QED) is 0.679. The first kappa shape index (κ1) is 23.4. The van der Waals surface area contributed by atoms with Crippen molar-refractivity contribution in [1.82, 2.24) is 9.80 Å². The Kier molecular flexibility index (Phi) is 7.57. The van der Waals surface area contributed by atoms with E-state index in [1.165, 1.54) is 24.3 Å². The number of ether oxygens (including phenoxy) is 2. The van der Waals surface area contributed by atoms with E-state index in [1.807, 2.05) is 19.1 Å². The third-order valence-electron chi connectivity index (χ3n) is 4.96. The molecule has 32 heavy (non-hydrogen) atoms. The number of nitrogens with one attached hydrogen (secondary N) is 1. The van der Waals surface area contributed by atoms with Gasteiger partial charge in [0.1, 0.15) is 5.75 Å². The molecule has 10 heteroatoms. The molecule has 1 fully saturated rings. The molecule has 0 aliphatic carbocycles. The fourth-order valence-corrected chi connectivity index (χ4v) is 4.20. The second kappa shape index (κ2) is 10.4. The van der Waals surface area contributed by atoms with Gasteiger partial charge in [0, 0.05) is 31.9 Å². The van der Waals surface area contributed by atoms with Crippen molar-refractivity contribution >= 4 is 27.7 Å². The van der Waals surface area contributed by atoms with Gasteiger partial charge in [-0.3, -0.25) is 9.52 Å². The molecule has 0 unspecified atom stereocenters. The van der Waals surface area contributed by atoms with E-state index in [0.717, 1.165) is 5.56 Å². The second-order valence-electron chi connectivity index (χ2n) is 7.30. The fourth-order valence-electron chi connectivity index (χ4n) is 3.14. The molecule has 1 N–H and O–H groups in total. The van der Waals surface area contributed by atoms with Crippen LogP contribution >= 0.6 is 0 Å². The molecule has 0 aromatic heterocycles. The molecule has 0 saturated carbocycles. The monoisotopic (exact) mass is 461 g/mol. The predicted octanol–water partition coefficient (Wildman–Crippen LogP) is 2.48. The van der Waals surface area contributed by atoms with Gasteiger partial charge in [-0.05, 0) is 50.2 Å². The highest BCUT2D eigenvalue weighted by molar-refractivity contribution is 7.92. The van der Waals surface area contributed by atoms with E-state index in [9.17, 15) is 18.0 Å². The smallest absolute Gasteiger partial charge is 0.409 e. The number of piperazine rings is 1. The molecule has 1 heterocycles. The number of anilines is 1. The minimum atomic E-state index is -3.73. The number of benzene rings is 2. The zero-order valence-corrected chi connectivity index (χ0v) is 18.9. The van der Waals surface area contributed by atoms with E-state index in [0.29, 0.717) is 44.2 Å². The summed E-state index contributed by atoms with van der Waals surface area (Å²) in [6.45, 7) is 5.44. The summed E-state index contributed by atoms with van der Waals surface area (Å²) in [6.07, 6.45) is -0.372. The van der Waals surface area contributed by atoms with Gasteiger partial charge in [0.05, 0.1) is 11.5 Å². The fraction of sp³-hybridized carbons (Fsp3) is 0.364. The molecule has 0 radical (unpaired) electrons. The molecule has 2 aromatic rings. The maximum atomic E-state index is 12.5.